The number of hydrogen-bond acceptors (Lipinski definition) is 4. The maximum Gasteiger partial charge on any atom is 0.401 e. The van der Waals surface area contributed by atoms with E-state index in [0.717, 1.165) is 38.7 Å². The molecule has 1 fully saturated rings. The van der Waals surface area contributed by atoms with Gasteiger partial charge < -0.3 is 15.1 Å². The number of nitrogens with one attached hydrogen (secondary N) is 1. The molecule has 1 aliphatic heterocycles. The highest BCUT2D eigenvalue weighted by Crippen LogP contribution is 2.22. The van der Waals surface area contributed by atoms with Gasteiger partial charge in [0.15, 0.2) is 5.96 Å². The summed E-state index contributed by atoms with van der Waals surface area (Å²) in [5.74, 6) is 0.858. The zero-order valence-electron chi connectivity index (χ0n) is 15.4. The molecule has 0 amide bonds. The van der Waals surface area contributed by atoms with Crippen molar-refractivity contribution in [1.29, 1.82) is 0 Å². The van der Waals surface area contributed by atoms with Gasteiger partial charge in [-0.05, 0) is 44.4 Å². The lowest BCUT2D eigenvalue weighted by Gasteiger charge is -2.37. The van der Waals surface area contributed by atoms with Gasteiger partial charge in [-0.1, -0.05) is 0 Å². The van der Waals surface area contributed by atoms with E-state index in [4.69, 9.17) is 0 Å². The molecule has 1 saturated heterocycles. The van der Waals surface area contributed by atoms with Crippen molar-refractivity contribution in [2.75, 3.05) is 64.3 Å². The van der Waals surface area contributed by atoms with Crippen LogP contribution in [0.2, 0.25) is 0 Å². The van der Waals surface area contributed by atoms with Crippen LogP contribution in [0.15, 0.2) is 22.5 Å². The molecule has 2 heterocycles. The highest BCUT2D eigenvalue weighted by molar-refractivity contribution is 7.14. The van der Waals surface area contributed by atoms with Crippen LogP contribution in [0.25, 0.3) is 0 Å². The molecule has 0 radical (unpaired) electrons. The van der Waals surface area contributed by atoms with Gasteiger partial charge in [-0.15, -0.1) is 11.3 Å². The maximum absolute atomic E-state index is 12.3. The average Bonchev–Trinajstić information content (AvgIpc) is 3.11. The zero-order valence-corrected chi connectivity index (χ0v) is 16.2. The summed E-state index contributed by atoms with van der Waals surface area (Å²) in [6.45, 7) is 6.49. The fraction of sp³-hybridized carbons (Fsp3) is 0.706. The number of thiophene rings is 1. The first-order valence-corrected chi connectivity index (χ1v) is 9.84. The molecule has 26 heavy (non-hydrogen) atoms. The lowest BCUT2D eigenvalue weighted by molar-refractivity contribution is -0.143. The third-order valence-corrected chi connectivity index (χ3v) is 5.07. The molecule has 0 bridgehead atoms. The Morgan fingerprint density at radius 2 is 2.04 bits per heavy atom. The number of aliphatic imine (C=N–C) groups is 1. The van der Waals surface area contributed by atoms with Crippen molar-refractivity contribution in [2.45, 2.75) is 19.5 Å². The third-order valence-electron chi connectivity index (χ3n) is 4.14. The molecule has 1 aromatic heterocycles. The van der Waals surface area contributed by atoms with E-state index in [1.54, 1.807) is 11.3 Å². The van der Waals surface area contributed by atoms with Crippen molar-refractivity contribution in [2.24, 2.45) is 4.99 Å². The number of nitrogens with zero attached hydrogens (tertiary/aromatic N) is 4. The van der Waals surface area contributed by atoms with Crippen LogP contribution in [0.5, 0.6) is 0 Å². The molecular formula is C17H28F3N5S. The number of rotatable bonds is 7. The predicted octanol–water partition coefficient (Wildman–Crippen LogP) is 2.72. The molecule has 1 aliphatic rings. The van der Waals surface area contributed by atoms with Crippen molar-refractivity contribution in [3.8, 4) is 0 Å². The number of hydrogen-bond donors (Lipinski definition) is 1. The second kappa shape index (κ2) is 10.0. The topological polar surface area (TPSA) is 34.1 Å². The van der Waals surface area contributed by atoms with E-state index >= 15 is 0 Å². The second-order valence-corrected chi connectivity index (χ2v) is 7.29. The minimum atomic E-state index is -4.14. The summed E-state index contributed by atoms with van der Waals surface area (Å²) in [4.78, 5) is 10.5. The van der Waals surface area contributed by atoms with E-state index in [1.807, 2.05) is 6.92 Å². The van der Waals surface area contributed by atoms with Crippen LogP contribution in [0.1, 0.15) is 13.3 Å². The Morgan fingerprint density at radius 3 is 2.62 bits per heavy atom. The van der Waals surface area contributed by atoms with Crippen LogP contribution in [0.4, 0.5) is 18.2 Å². The van der Waals surface area contributed by atoms with Gasteiger partial charge in [0.05, 0.1) is 11.5 Å². The van der Waals surface area contributed by atoms with Gasteiger partial charge >= 0.3 is 6.18 Å². The Kier molecular flexibility index (Phi) is 8.02. The van der Waals surface area contributed by atoms with E-state index in [-0.39, 0.29) is 0 Å². The summed E-state index contributed by atoms with van der Waals surface area (Å²) >= 11 is 1.75. The Morgan fingerprint density at radius 1 is 1.31 bits per heavy atom. The largest absolute Gasteiger partial charge is 0.401 e. The summed E-state index contributed by atoms with van der Waals surface area (Å²) in [6.07, 6.45) is -3.54. The van der Waals surface area contributed by atoms with E-state index in [1.165, 1.54) is 16.9 Å². The van der Waals surface area contributed by atoms with Crippen LogP contribution in [-0.2, 0) is 0 Å². The summed E-state index contributed by atoms with van der Waals surface area (Å²) in [7, 11) is 1.49. The molecule has 2 rings (SSSR count). The lowest BCUT2D eigenvalue weighted by atomic mass is 10.3. The van der Waals surface area contributed by atoms with Crippen molar-refractivity contribution in [3.05, 3.63) is 17.5 Å². The number of halogens is 3. The van der Waals surface area contributed by atoms with Crippen LogP contribution >= 0.6 is 11.3 Å². The molecule has 0 aromatic carbocycles. The van der Waals surface area contributed by atoms with Crippen LogP contribution in [0.3, 0.4) is 0 Å². The first-order valence-electron chi connectivity index (χ1n) is 8.96. The van der Waals surface area contributed by atoms with Gasteiger partial charge in [0.2, 0.25) is 0 Å². The van der Waals surface area contributed by atoms with Crippen LogP contribution in [-0.4, -0.2) is 81.3 Å². The van der Waals surface area contributed by atoms with Gasteiger partial charge in [0, 0.05) is 39.3 Å². The zero-order chi connectivity index (χ0) is 19.0. The number of piperazine rings is 1. The maximum atomic E-state index is 12.3. The SMILES string of the molecule is CCNC(=NCCCN(C)CC(F)(F)F)N1CCN(c2cccs2)CC1. The van der Waals surface area contributed by atoms with Gasteiger partial charge in [0.25, 0.3) is 0 Å². The minimum absolute atomic E-state index is 0.384. The van der Waals surface area contributed by atoms with Crippen LogP contribution in [0, 0.1) is 0 Å². The molecule has 1 N–H and O–H groups in total. The third kappa shape index (κ3) is 7.03. The van der Waals surface area contributed by atoms with Crippen LogP contribution < -0.4 is 10.2 Å². The lowest BCUT2D eigenvalue weighted by Crippen LogP contribution is -2.52. The number of anilines is 1. The Balaban J connectivity index is 1.78. The number of alkyl halides is 3. The molecule has 1 aromatic rings. The minimum Gasteiger partial charge on any atom is -0.360 e. The summed E-state index contributed by atoms with van der Waals surface area (Å²) < 4.78 is 37.0. The van der Waals surface area contributed by atoms with Crippen molar-refractivity contribution in [1.82, 2.24) is 15.1 Å². The van der Waals surface area contributed by atoms with E-state index in [2.05, 4.69) is 37.6 Å². The first kappa shape index (κ1) is 20.8. The quantitative estimate of drug-likeness (QED) is 0.440. The fourth-order valence-corrected chi connectivity index (χ4v) is 3.71. The summed E-state index contributed by atoms with van der Waals surface area (Å²) in [6, 6.07) is 4.20. The molecule has 0 saturated carbocycles. The van der Waals surface area contributed by atoms with E-state index in [0.29, 0.717) is 19.5 Å². The summed E-state index contributed by atoms with van der Waals surface area (Å²) in [5.41, 5.74) is 0. The molecule has 148 valence electrons. The monoisotopic (exact) mass is 391 g/mol. The summed E-state index contributed by atoms with van der Waals surface area (Å²) in [5, 5.41) is 6.67. The van der Waals surface area contributed by atoms with Gasteiger partial charge in [0.1, 0.15) is 0 Å². The highest BCUT2D eigenvalue weighted by Gasteiger charge is 2.28. The Labute approximate surface area is 157 Å². The molecule has 0 spiro atoms. The van der Waals surface area contributed by atoms with Gasteiger partial charge in [-0.2, -0.15) is 13.2 Å². The smallest absolute Gasteiger partial charge is 0.360 e. The molecule has 0 unspecified atom stereocenters. The first-order chi connectivity index (χ1) is 12.4. The van der Waals surface area contributed by atoms with Crippen molar-refractivity contribution < 1.29 is 13.2 Å². The van der Waals surface area contributed by atoms with E-state index in [9.17, 15) is 13.2 Å². The van der Waals surface area contributed by atoms with Crippen molar-refractivity contribution >= 4 is 22.3 Å². The number of guanidine groups is 1. The highest BCUT2D eigenvalue weighted by atomic mass is 32.1. The van der Waals surface area contributed by atoms with Crippen molar-refractivity contribution in [3.63, 3.8) is 0 Å². The Hall–Kier alpha value is -1.48. The molecule has 0 aliphatic carbocycles. The van der Waals surface area contributed by atoms with E-state index < -0.39 is 12.7 Å². The Bertz CT molecular complexity index is 539. The van der Waals surface area contributed by atoms with Gasteiger partial charge in [-0.3, -0.25) is 9.89 Å². The molecule has 5 nitrogen and oxygen atoms in total. The average molecular weight is 392 g/mol. The standard InChI is InChI=1S/C17H28F3N5S/c1-3-21-16(22-7-5-8-23(2)14-17(18,19)20)25-11-9-24(10-12-25)15-6-4-13-26-15/h4,6,13H,3,5,7-12,14H2,1-2H3,(H,21,22). The fourth-order valence-electron chi connectivity index (χ4n) is 2.92. The molecular weight excluding hydrogens is 363 g/mol. The molecule has 9 heteroatoms. The van der Waals surface area contributed by atoms with Gasteiger partial charge in [-0.25, -0.2) is 0 Å². The molecule has 0 atom stereocenters. The normalized spacial score (nSPS) is 16.5. The predicted molar refractivity (Wildman–Crippen MR) is 102 cm³/mol. The second-order valence-electron chi connectivity index (χ2n) is 6.37.